The molecule has 1 aromatic heterocycles. The van der Waals surface area contributed by atoms with E-state index in [2.05, 4.69) is 21.2 Å². The van der Waals surface area contributed by atoms with Crippen molar-refractivity contribution in [2.75, 3.05) is 7.11 Å². The second-order valence-corrected chi connectivity index (χ2v) is 6.15. The maximum absolute atomic E-state index is 12.4. The standard InChI is InChI=1S/C16H18BrNO4/c1-4-8-16(2,15(20)21-3)18-14(19)12-9-10-6-5-7-11(17)13(10)22-12/h5-7,9H,4,8H2,1-3H3,(H,18,19). The average molecular weight is 368 g/mol. The number of hydrogen-bond acceptors (Lipinski definition) is 4. The fourth-order valence-electron chi connectivity index (χ4n) is 2.39. The number of para-hydroxylation sites is 1. The summed E-state index contributed by atoms with van der Waals surface area (Å²) in [6, 6.07) is 7.20. The van der Waals surface area contributed by atoms with Crippen molar-refractivity contribution in [1.29, 1.82) is 0 Å². The lowest BCUT2D eigenvalue weighted by Gasteiger charge is -2.26. The van der Waals surface area contributed by atoms with Gasteiger partial charge < -0.3 is 14.5 Å². The van der Waals surface area contributed by atoms with Gasteiger partial charge in [-0.1, -0.05) is 25.5 Å². The zero-order valence-corrected chi connectivity index (χ0v) is 14.3. The number of esters is 1. The first-order valence-corrected chi connectivity index (χ1v) is 7.79. The zero-order valence-electron chi connectivity index (χ0n) is 12.7. The Balaban J connectivity index is 2.29. The van der Waals surface area contributed by atoms with Crippen molar-refractivity contribution in [2.45, 2.75) is 32.2 Å². The molecule has 2 rings (SSSR count). The maximum Gasteiger partial charge on any atom is 0.331 e. The van der Waals surface area contributed by atoms with Crippen LogP contribution in [0.3, 0.4) is 0 Å². The lowest BCUT2D eigenvalue weighted by Crippen LogP contribution is -2.52. The van der Waals surface area contributed by atoms with Gasteiger partial charge in [0.15, 0.2) is 5.76 Å². The molecule has 5 nitrogen and oxygen atoms in total. The highest BCUT2D eigenvalue weighted by atomic mass is 79.9. The molecule has 1 atom stereocenters. The number of halogens is 1. The van der Waals surface area contributed by atoms with Crippen molar-refractivity contribution in [3.63, 3.8) is 0 Å². The van der Waals surface area contributed by atoms with E-state index in [1.807, 2.05) is 25.1 Å². The predicted molar refractivity (Wildman–Crippen MR) is 86.7 cm³/mol. The van der Waals surface area contributed by atoms with E-state index in [0.717, 1.165) is 16.3 Å². The SMILES string of the molecule is CCCC(C)(NC(=O)c1cc2cccc(Br)c2o1)C(=O)OC. The molecule has 118 valence electrons. The third kappa shape index (κ3) is 3.16. The van der Waals surface area contributed by atoms with Crippen LogP contribution in [0.15, 0.2) is 33.2 Å². The van der Waals surface area contributed by atoms with Crippen molar-refractivity contribution >= 4 is 38.8 Å². The number of amides is 1. The fraction of sp³-hybridized carbons (Fsp3) is 0.375. The number of methoxy groups -OCH3 is 1. The molecule has 1 aromatic carbocycles. The summed E-state index contributed by atoms with van der Waals surface area (Å²) < 4.78 is 11.1. The molecule has 0 saturated heterocycles. The number of nitrogens with one attached hydrogen (secondary N) is 1. The second-order valence-electron chi connectivity index (χ2n) is 5.30. The highest BCUT2D eigenvalue weighted by Gasteiger charge is 2.36. The summed E-state index contributed by atoms with van der Waals surface area (Å²) in [6.07, 6.45) is 1.22. The topological polar surface area (TPSA) is 68.5 Å². The van der Waals surface area contributed by atoms with Crippen LogP contribution in [0.25, 0.3) is 11.0 Å². The average Bonchev–Trinajstić information content (AvgIpc) is 2.92. The number of fused-ring (bicyclic) bond motifs is 1. The van der Waals surface area contributed by atoms with E-state index in [4.69, 9.17) is 9.15 Å². The molecular formula is C16H18BrNO4. The normalized spacial score (nSPS) is 13.6. The predicted octanol–water partition coefficient (Wildman–Crippen LogP) is 3.66. The van der Waals surface area contributed by atoms with E-state index in [0.29, 0.717) is 12.0 Å². The van der Waals surface area contributed by atoms with Crippen molar-refractivity contribution in [3.05, 3.63) is 34.5 Å². The molecule has 0 radical (unpaired) electrons. The molecule has 0 aliphatic carbocycles. The first-order valence-electron chi connectivity index (χ1n) is 7.00. The molecule has 0 spiro atoms. The Bertz CT molecular complexity index is 709. The summed E-state index contributed by atoms with van der Waals surface area (Å²) >= 11 is 3.38. The van der Waals surface area contributed by atoms with Gasteiger partial charge in [-0.25, -0.2) is 4.79 Å². The highest BCUT2D eigenvalue weighted by molar-refractivity contribution is 9.10. The van der Waals surface area contributed by atoms with Gasteiger partial charge in [0.25, 0.3) is 5.91 Å². The Kier molecular flexibility index (Phi) is 4.90. The van der Waals surface area contributed by atoms with E-state index in [1.165, 1.54) is 7.11 Å². The van der Waals surface area contributed by atoms with Crippen LogP contribution in [0.1, 0.15) is 37.2 Å². The first-order chi connectivity index (χ1) is 10.4. The van der Waals surface area contributed by atoms with E-state index in [9.17, 15) is 9.59 Å². The van der Waals surface area contributed by atoms with Crippen LogP contribution in [0.4, 0.5) is 0 Å². The van der Waals surface area contributed by atoms with Crippen molar-refractivity contribution < 1.29 is 18.7 Å². The zero-order chi connectivity index (χ0) is 16.3. The van der Waals surface area contributed by atoms with Gasteiger partial charge in [0.05, 0.1) is 11.6 Å². The molecule has 0 aliphatic rings. The van der Waals surface area contributed by atoms with Crippen LogP contribution in [0.5, 0.6) is 0 Å². The number of carbonyl (C=O) groups is 2. The lowest BCUT2D eigenvalue weighted by atomic mass is 9.96. The van der Waals surface area contributed by atoms with Gasteiger partial charge in [-0.15, -0.1) is 0 Å². The van der Waals surface area contributed by atoms with Crippen LogP contribution in [-0.2, 0) is 9.53 Å². The third-order valence-electron chi connectivity index (χ3n) is 3.50. The van der Waals surface area contributed by atoms with E-state index in [-0.39, 0.29) is 5.76 Å². The summed E-state index contributed by atoms with van der Waals surface area (Å²) in [6.45, 7) is 3.59. The molecule has 6 heteroatoms. The lowest BCUT2D eigenvalue weighted by molar-refractivity contribution is -0.147. The largest absolute Gasteiger partial charge is 0.467 e. The van der Waals surface area contributed by atoms with Crippen LogP contribution < -0.4 is 5.32 Å². The molecule has 22 heavy (non-hydrogen) atoms. The summed E-state index contributed by atoms with van der Waals surface area (Å²) in [5.74, 6) is -0.752. The number of ether oxygens (including phenoxy) is 1. The van der Waals surface area contributed by atoms with Crippen molar-refractivity contribution in [2.24, 2.45) is 0 Å². The Morgan fingerprint density at radius 3 is 2.73 bits per heavy atom. The quantitative estimate of drug-likeness (QED) is 0.818. The van der Waals surface area contributed by atoms with E-state index < -0.39 is 17.4 Å². The summed E-state index contributed by atoms with van der Waals surface area (Å²) in [7, 11) is 1.31. The van der Waals surface area contributed by atoms with Gasteiger partial charge in [-0.3, -0.25) is 4.79 Å². The molecule has 1 unspecified atom stereocenters. The number of carbonyl (C=O) groups excluding carboxylic acids is 2. The van der Waals surface area contributed by atoms with Gasteiger partial charge in [0.1, 0.15) is 11.1 Å². The van der Waals surface area contributed by atoms with Gasteiger partial charge in [-0.05, 0) is 41.4 Å². The molecule has 0 fully saturated rings. The second kappa shape index (κ2) is 6.52. The summed E-state index contributed by atoms with van der Waals surface area (Å²) in [5, 5.41) is 3.53. The van der Waals surface area contributed by atoms with Crippen LogP contribution in [0, 0.1) is 0 Å². The summed E-state index contributed by atoms with van der Waals surface area (Å²) in [5.41, 5.74) is -0.473. The molecular weight excluding hydrogens is 350 g/mol. The molecule has 1 N–H and O–H groups in total. The number of benzene rings is 1. The maximum atomic E-state index is 12.4. The van der Waals surface area contributed by atoms with Gasteiger partial charge >= 0.3 is 5.97 Å². The molecule has 0 saturated carbocycles. The van der Waals surface area contributed by atoms with Crippen LogP contribution in [-0.4, -0.2) is 24.5 Å². The Morgan fingerprint density at radius 2 is 2.14 bits per heavy atom. The fourth-order valence-corrected chi connectivity index (χ4v) is 2.85. The minimum absolute atomic E-state index is 0.160. The minimum atomic E-state index is -1.07. The Morgan fingerprint density at radius 1 is 1.41 bits per heavy atom. The molecule has 0 bridgehead atoms. The molecule has 1 amide bonds. The molecule has 0 aliphatic heterocycles. The number of rotatable bonds is 5. The minimum Gasteiger partial charge on any atom is -0.467 e. The van der Waals surface area contributed by atoms with Crippen LogP contribution >= 0.6 is 15.9 Å². The third-order valence-corrected chi connectivity index (χ3v) is 4.12. The Labute approximate surface area is 137 Å². The smallest absolute Gasteiger partial charge is 0.331 e. The van der Waals surface area contributed by atoms with E-state index >= 15 is 0 Å². The van der Waals surface area contributed by atoms with Gasteiger partial charge in [0, 0.05) is 5.39 Å². The van der Waals surface area contributed by atoms with Gasteiger partial charge in [0.2, 0.25) is 0 Å². The van der Waals surface area contributed by atoms with Crippen molar-refractivity contribution in [3.8, 4) is 0 Å². The highest BCUT2D eigenvalue weighted by Crippen LogP contribution is 2.27. The monoisotopic (exact) mass is 367 g/mol. The Hall–Kier alpha value is -1.82. The summed E-state index contributed by atoms with van der Waals surface area (Å²) in [4.78, 5) is 24.4. The number of hydrogen-bond donors (Lipinski definition) is 1. The van der Waals surface area contributed by atoms with Gasteiger partial charge in [-0.2, -0.15) is 0 Å². The van der Waals surface area contributed by atoms with Crippen LogP contribution in [0.2, 0.25) is 0 Å². The van der Waals surface area contributed by atoms with E-state index in [1.54, 1.807) is 13.0 Å². The number of furan rings is 1. The first kappa shape index (κ1) is 16.5. The van der Waals surface area contributed by atoms with Crippen molar-refractivity contribution in [1.82, 2.24) is 5.32 Å². The molecule has 1 heterocycles. The molecule has 2 aromatic rings.